The van der Waals surface area contributed by atoms with Crippen molar-refractivity contribution in [3.8, 4) is 11.5 Å². The zero-order valence-electron chi connectivity index (χ0n) is 16.5. The van der Waals surface area contributed by atoms with Crippen LogP contribution in [0.15, 0.2) is 46.9 Å². The molecule has 0 radical (unpaired) electrons. The molecule has 7 nitrogen and oxygen atoms in total. The Morgan fingerprint density at radius 3 is 2.60 bits per heavy atom. The molecule has 0 aliphatic carbocycles. The zero-order chi connectivity index (χ0) is 20.7. The number of nitrogens with one attached hydrogen (secondary N) is 2. The van der Waals surface area contributed by atoms with Gasteiger partial charge in [-0.25, -0.2) is 4.90 Å². The molecule has 0 aromatic heterocycles. The zero-order valence-corrected chi connectivity index (χ0v) is 18.1. The predicted octanol–water partition coefficient (Wildman–Crippen LogP) is -0.207. The van der Waals surface area contributed by atoms with E-state index in [2.05, 4.69) is 28.1 Å². The average Bonchev–Trinajstić information content (AvgIpc) is 3.32. The Balaban J connectivity index is 1.20. The molecule has 8 heteroatoms. The number of carbonyl (C=O) groups is 2. The molecule has 3 heterocycles. The molecule has 2 saturated heterocycles. The van der Waals surface area contributed by atoms with E-state index >= 15 is 0 Å². The lowest BCUT2D eigenvalue weighted by Crippen LogP contribution is -3.29. The van der Waals surface area contributed by atoms with Gasteiger partial charge in [-0.2, -0.15) is 0 Å². The van der Waals surface area contributed by atoms with Crippen molar-refractivity contribution < 1.29 is 28.9 Å². The summed E-state index contributed by atoms with van der Waals surface area (Å²) in [7, 11) is 0. The van der Waals surface area contributed by atoms with Crippen LogP contribution in [0.4, 0.5) is 5.69 Å². The predicted molar refractivity (Wildman–Crippen MR) is 113 cm³/mol. The van der Waals surface area contributed by atoms with E-state index in [1.165, 1.54) is 20.3 Å². The number of rotatable bonds is 4. The molecule has 2 fully saturated rings. The molecule has 156 valence electrons. The van der Waals surface area contributed by atoms with Gasteiger partial charge in [0.1, 0.15) is 32.7 Å². The summed E-state index contributed by atoms with van der Waals surface area (Å²) in [6.07, 6.45) is 0.290. The number of carbonyl (C=O) groups excluding carboxylic acids is 2. The number of hydrogen-bond donors (Lipinski definition) is 2. The summed E-state index contributed by atoms with van der Waals surface area (Å²) in [5.74, 6) is 1.44. The number of imide groups is 1. The molecule has 2 aromatic carbocycles. The third-order valence-corrected chi connectivity index (χ3v) is 6.69. The number of quaternary nitrogens is 2. The van der Waals surface area contributed by atoms with E-state index in [9.17, 15) is 9.59 Å². The average molecular weight is 474 g/mol. The van der Waals surface area contributed by atoms with E-state index in [4.69, 9.17) is 9.47 Å². The minimum atomic E-state index is -0.274. The highest BCUT2D eigenvalue weighted by Gasteiger charge is 2.47. The standard InChI is InChI=1S/C22H22BrN3O4/c23-16-2-1-3-17(11-16)26-21(27)12-18(22(26)28)25-8-6-24(7-9-25)13-15-4-5-19-20(10-15)30-14-29-19/h1-5,10-11,18H,6-9,12-14H2/p+2/t18-/m1/s1. The van der Waals surface area contributed by atoms with Crippen molar-refractivity contribution in [2.24, 2.45) is 0 Å². The van der Waals surface area contributed by atoms with Crippen molar-refractivity contribution in [3.63, 3.8) is 0 Å². The number of halogens is 1. The fourth-order valence-electron chi connectivity index (χ4n) is 4.63. The number of amides is 2. The van der Waals surface area contributed by atoms with Crippen LogP contribution < -0.4 is 24.2 Å². The summed E-state index contributed by atoms with van der Waals surface area (Å²) in [5.41, 5.74) is 1.87. The summed E-state index contributed by atoms with van der Waals surface area (Å²) in [4.78, 5) is 29.7. The molecule has 1 atom stereocenters. The second-order valence-corrected chi connectivity index (χ2v) is 8.99. The van der Waals surface area contributed by atoms with E-state index in [1.54, 1.807) is 0 Å². The third-order valence-electron chi connectivity index (χ3n) is 6.20. The van der Waals surface area contributed by atoms with Crippen LogP contribution in [0.2, 0.25) is 0 Å². The highest BCUT2D eigenvalue weighted by molar-refractivity contribution is 9.10. The van der Waals surface area contributed by atoms with Gasteiger partial charge in [-0.05, 0) is 36.4 Å². The molecule has 2 amide bonds. The summed E-state index contributed by atoms with van der Waals surface area (Å²) >= 11 is 3.42. The Morgan fingerprint density at radius 1 is 1.00 bits per heavy atom. The van der Waals surface area contributed by atoms with Crippen molar-refractivity contribution in [3.05, 3.63) is 52.5 Å². The number of ether oxygens (including phenoxy) is 2. The van der Waals surface area contributed by atoms with Crippen molar-refractivity contribution in [1.29, 1.82) is 0 Å². The first kappa shape index (κ1) is 19.5. The second kappa shape index (κ2) is 8.02. The van der Waals surface area contributed by atoms with Gasteiger partial charge in [-0.3, -0.25) is 9.59 Å². The molecular formula is C22H24BrN3O4+2. The maximum Gasteiger partial charge on any atom is 0.292 e. The number of fused-ring (bicyclic) bond motifs is 1. The Hall–Kier alpha value is -2.42. The van der Waals surface area contributed by atoms with E-state index in [1.807, 2.05) is 30.3 Å². The molecule has 3 aliphatic rings. The number of anilines is 1. The maximum atomic E-state index is 13.0. The van der Waals surface area contributed by atoms with Gasteiger partial charge in [0.2, 0.25) is 12.7 Å². The quantitative estimate of drug-likeness (QED) is 0.603. The van der Waals surface area contributed by atoms with Crippen molar-refractivity contribution in [2.45, 2.75) is 19.0 Å². The van der Waals surface area contributed by atoms with Crippen LogP contribution >= 0.6 is 15.9 Å². The first-order chi connectivity index (χ1) is 14.6. The highest BCUT2D eigenvalue weighted by Crippen LogP contribution is 2.32. The highest BCUT2D eigenvalue weighted by atomic mass is 79.9. The molecule has 3 aliphatic heterocycles. The van der Waals surface area contributed by atoms with Gasteiger partial charge in [-0.15, -0.1) is 0 Å². The molecule has 2 N–H and O–H groups in total. The van der Waals surface area contributed by atoms with Crippen LogP contribution in [0.25, 0.3) is 0 Å². The largest absolute Gasteiger partial charge is 0.454 e. The fourth-order valence-corrected chi connectivity index (χ4v) is 5.01. The monoisotopic (exact) mass is 473 g/mol. The van der Waals surface area contributed by atoms with Gasteiger partial charge in [0.05, 0.1) is 12.1 Å². The second-order valence-electron chi connectivity index (χ2n) is 8.08. The molecule has 0 bridgehead atoms. The lowest BCUT2D eigenvalue weighted by molar-refractivity contribution is -1.02. The van der Waals surface area contributed by atoms with Gasteiger partial charge in [-0.1, -0.05) is 22.0 Å². The number of hydrogen-bond acceptors (Lipinski definition) is 4. The van der Waals surface area contributed by atoms with E-state index < -0.39 is 0 Å². The van der Waals surface area contributed by atoms with Crippen LogP contribution in [-0.2, 0) is 16.1 Å². The Kier molecular flexibility index (Phi) is 5.22. The molecule has 30 heavy (non-hydrogen) atoms. The topological polar surface area (TPSA) is 64.7 Å². The van der Waals surface area contributed by atoms with Gasteiger partial charge < -0.3 is 19.3 Å². The van der Waals surface area contributed by atoms with Gasteiger partial charge in [0.15, 0.2) is 17.5 Å². The minimum Gasteiger partial charge on any atom is -0.454 e. The molecule has 2 aromatic rings. The van der Waals surface area contributed by atoms with Crippen molar-refractivity contribution >= 4 is 33.4 Å². The molecule has 0 unspecified atom stereocenters. The van der Waals surface area contributed by atoms with Gasteiger partial charge in [0, 0.05) is 10.0 Å². The Labute approximate surface area is 183 Å². The normalized spacial score (nSPS) is 25.8. The summed E-state index contributed by atoms with van der Waals surface area (Å²) in [6.45, 7) is 4.92. The lowest BCUT2D eigenvalue weighted by atomic mass is 10.1. The molecule has 5 rings (SSSR count). The Bertz CT molecular complexity index is 990. The van der Waals surface area contributed by atoms with Crippen LogP contribution in [0, 0.1) is 0 Å². The van der Waals surface area contributed by atoms with E-state index in [0.29, 0.717) is 12.5 Å². The summed E-state index contributed by atoms with van der Waals surface area (Å²) in [5, 5.41) is 0. The van der Waals surface area contributed by atoms with Gasteiger partial charge in [0.25, 0.3) is 5.91 Å². The smallest absolute Gasteiger partial charge is 0.292 e. The van der Waals surface area contributed by atoms with Crippen molar-refractivity contribution in [2.75, 3.05) is 37.9 Å². The number of nitrogens with zero attached hydrogens (tertiary/aromatic N) is 1. The minimum absolute atomic E-state index is 0.0766. The first-order valence-corrected chi connectivity index (χ1v) is 11.1. The Morgan fingerprint density at radius 2 is 1.80 bits per heavy atom. The van der Waals surface area contributed by atoms with E-state index in [0.717, 1.165) is 48.7 Å². The van der Waals surface area contributed by atoms with Crippen LogP contribution in [0.3, 0.4) is 0 Å². The summed E-state index contributed by atoms with van der Waals surface area (Å²) in [6, 6.07) is 13.2. The fraction of sp³-hybridized carbons (Fsp3) is 0.364. The van der Waals surface area contributed by atoms with Crippen molar-refractivity contribution in [1.82, 2.24) is 0 Å². The van der Waals surface area contributed by atoms with Gasteiger partial charge >= 0.3 is 0 Å². The van der Waals surface area contributed by atoms with Crippen LogP contribution in [0.5, 0.6) is 11.5 Å². The lowest BCUT2D eigenvalue weighted by Gasteiger charge is -2.32. The molecular weight excluding hydrogens is 450 g/mol. The summed E-state index contributed by atoms with van der Waals surface area (Å²) < 4.78 is 11.7. The SMILES string of the molecule is O=C1C[C@@H]([NH+]2CC[NH+](Cc3ccc4c(c3)OCO4)CC2)C(=O)N1c1cccc(Br)c1. The third kappa shape index (κ3) is 3.71. The van der Waals surface area contributed by atoms with Crippen LogP contribution in [0.1, 0.15) is 12.0 Å². The molecule has 0 spiro atoms. The number of piperazine rings is 1. The number of benzene rings is 2. The van der Waals surface area contributed by atoms with E-state index in [-0.39, 0.29) is 24.3 Å². The maximum absolute atomic E-state index is 13.0. The molecule has 0 saturated carbocycles. The first-order valence-electron chi connectivity index (χ1n) is 10.3. The van der Waals surface area contributed by atoms with Crippen LogP contribution in [-0.4, -0.2) is 50.8 Å².